The van der Waals surface area contributed by atoms with Gasteiger partial charge < -0.3 is 15.0 Å². The van der Waals surface area contributed by atoms with Gasteiger partial charge in [-0.2, -0.15) is 0 Å². The second kappa shape index (κ2) is 13.2. The maximum atomic E-state index is 13.7. The molecule has 1 atom stereocenters. The first-order valence-electron chi connectivity index (χ1n) is 12.7. The summed E-state index contributed by atoms with van der Waals surface area (Å²) >= 11 is 6.06. The second-order valence-electron chi connectivity index (χ2n) is 9.44. The fourth-order valence-electron chi connectivity index (χ4n) is 4.67. The van der Waals surface area contributed by atoms with Crippen molar-refractivity contribution in [2.24, 2.45) is 0 Å². The van der Waals surface area contributed by atoms with Crippen molar-refractivity contribution >= 4 is 23.4 Å². The molecule has 0 aromatic heterocycles. The summed E-state index contributed by atoms with van der Waals surface area (Å²) in [6, 6.07) is 21.8. The van der Waals surface area contributed by atoms with E-state index < -0.39 is 6.04 Å². The standard InChI is InChI=1S/C30H32ClFN2O3/c31-24-10-7-13-27(19-24)37-21-29(35)34(20-23-14-16-25(32)17-15-23)28(18-22-8-3-1-4-9-22)30(36)33-26-11-5-2-6-12-26/h1,3-4,7-10,13-17,19,26,28H,2,5-6,11-12,18,20-21H2,(H,33,36)/t28-/m0/s1. The molecule has 0 heterocycles. The largest absolute Gasteiger partial charge is 0.484 e. The van der Waals surface area contributed by atoms with Crippen LogP contribution in [0.2, 0.25) is 5.02 Å². The molecule has 37 heavy (non-hydrogen) atoms. The number of ether oxygens (including phenoxy) is 1. The number of nitrogens with one attached hydrogen (secondary N) is 1. The molecule has 3 aromatic rings. The highest BCUT2D eigenvalue weighted by atomic mass is 35.5. The predicted octanol–water partition coefficient (Wildman–Crippen LogP) is 5.95. The average molecular weight is 523 g/mol. The molecule has 0 aliphatic heterocycles. The summed E-state index contributed by atoms with van der Waals surface area (Å²) < 4.78 is 19.3. The van der Waals surface area contributed by atoms with E-state index in [1.165, 1.54) is 18.6 Å². The average Bonchev–Trinajstić information content (AvgIpc) is 2.91. The molecule has 0 unspecified atom stereocenters. The highest BCUT2D eigenvalue weighted by molar-refractivity contribution is 6.30. The highest BCUT2D eigenvalue weighted by Crippen LogP contribution is 2.21. The van der Waals surface area contributed by atoms with Gasteiger partial charge in [-0.25, -0.2) is 4.39 Å². The smallest absolute Gasteiger partial charge is 0.261 e. The Kier molecular flexibility index (Phi) is 9.55. The number of amides is 2. The van der Waals surface area contributed by atoms with Gasteiger partial charge in [0.05, 0.1) is 0 Å². The van der Waals surface area contributed by atoms with Gasteiger partial charge in [-0.1, -0.05) is 79.4 Å². The van der Waals surface area contributed by atoms with E-state index in [0.29, 0.717) is 17.2 Å². The Labute approximate surface area is 222 Å². The van der Waals surface area contributed by atoms with Gasteiger partial charge in [0.2, 0.25) is 5.91 Å². The zero-order valence-corrected chi connectivity index (χ0v) is 21.5. The van der Waals surface area contributed by atoms with Crippen LogP contribution in [0.25, 0.3) is 0 Å². The molecule has 0 radical (unpaired) electrons. The number of carbonyl (C=O) groups excluding carboxylic acids is 2. The number of hydrogen-bond acceptors (Lipinski definition) is 3. The first kappa shape index (κ1) is 26.7. The first-order valence-corrected chi connectivity index (χ1v) is 13.1. The lowest BCUT2D eigenvalue weighted by Gasteiger charge is -2.33. The van der Waals surface area contributed by atoms with E-state index in [2.05, 4.69) is 5.32 Å². The molecule has 1 N–H and O–H groups in total. The van der Waals surface area contributed by atoms with Gasteiger partial charge >= 0.3 is 0 Å². The van der Waals surface area contributed by atoms with E-state index in [1.54, 1.807) is 41.3 Å². The van der Waals surface area contributed by atoms with Crippen LogP contribution in [0.5, 0.6) is 5.75 Å². The monoisotopic (exact) mass is 522 g/mol. The summed E-state index contributed by atoms with van der Waals surface area (Å²) in [4.78, 5) is 28.9. The Morgan fingerprint density at radius 3 is 2.38 bits per heavy atom. The molecule has 1 fully saturated rings. The topological polar surface area (TPSA) is 58.6 Å². The van der Waals surface area contributed by atoms with Crippen molar-refractivity contribution in [2.45, 2.75) is 57.2 Å². The van der Waals surface area contributed by atoms with Crippen LogP contribution in [0.4, 0.5) is 4.39 Å². The van der Waals surface area contributed by atoms with Crippen molar-refractivity contribution in [1.82, 2.24) is 10.2 Å². The third kappa shape index (κ3) is 8.05. The lowest BCUT2D eigenvalue weighted by Crippen LogP contribution is -2.53. The summed E-state index contributed by atoms with van der Waals surface area (Å²) in [5.41, 5.74) is 1.67. The molecule has 3 aromatic carbocycles. The van der Waals surface area contributed by atoms with E-state index in [9.17, 15) is 14.0 Å². The number of rotatable bonds is 10. The van der Waals surface area contributed by atoms with Crippen molar-refractivity contribution in [3.63, 3.8) is 0 Å². The first-order chi connectivity index (χ1) is 18.0. The van der Waals surface area contributed by atoms with E-state index in [1.807, 2.05) is 30.3 Å². The van der Waals surface area contributed by atoms with E-state index in [-0.39, 0.29) is 36.8 Å². The molecule has 0 bridgehead atoms. The Morgan fingerprint density at radius 2 is 1.68 bits per heavy atom. The molecule has 2 amide bonds. The van der Waals surface area contributed by atoms with Gasteiger partial charge in [0.25, 0.3) is 5.91 Å². The van der Waals surface area contributed by atoms with Gasteiger partial charge in [0.1, 0.15) is 17.6 Å². The summed E-state index contributed by atoms with van der Waals surface area (Å²) in [6.07, 6.45) is 5.57. The SMILES string of the molecule is O=C(NC1CCCCC1)[C@H](Cc1ccccc1)N(Cc1ccc(F)cc1)C(=O)COc1cccc(Cl)c1. The third-order valence-electron chi connectivity index (χ3n) is 6.65. The number of benzene rings is 3. The van der Waals surface area contributed by atoms with Gasteiger partial charge in [0, 0.05) is 24.0 Å². The van der Waals surface area contributed by atoms with Crippen LogP contribution < -0.4 is 10.1 Å². The van der Waals surface area contributed by atoms with Gasteiger partial charge in [-0.3, -0.25) is 9.59 Å². The Bertz CT molecular complexity index is 1170. The van der Waals surface area contributed by atoms with Crippen molar-refractivity contribution in [2.75, 3.05) is 6.61 Å². The normalized spacial score (nSPS) is 14.5. The number of carbonyl (C=O) groups is 2. The summed E-state index contributed by atoms with van der Waals surface area (Å²) in [7, 11) is 0. The molecule has 1 aliphatic carbocycles. The van der Waals surface area contributed by atoms with Crippen molar-refractivity contribution in [1.29, 1.82) is 0 Å². The third-order valence-corrected chi connectivity index (χ3v) is 6.88. The molecular weight excluding hydrogens is 491 g/mol. The van der Waals surface area contributed by atoms with Gasteiger partial charge in [0.15, 0.2) is 6.61 Å². The fourth-order valence-corrected chi connectivity index (χ4v) is 4.85. The predicted molar refractivity (Wildman–Crippen MR) is 143 cm³/mol. The quantitative estimate of drug-likeness (QED) is 0.358. The molecule has 5 nitrogen and oxygen atoms in total. The molecule has 7 heteroatoms. The van der Waals surface area contributed by atoms with Crippen LogP contribution >= 0.6 is 11.6 Å². The van der Waals surface area contributed by atoms with Crippen molar-refractivity contribution < 1.29 is 18.7 Å². The van der Waals surface area contributed by atoms with Crippen LogP contribution in [0.15, 0.2) is 78.9 Å². The van der Waals surface area contributed by atoms with Crippen LogP contribution in [-0.2, 0) is 22.6 Å². The number of hydrogen-bond donors (Lipinski definition) is 1. The minimum atomic E-state index is -0.759. The molecule has 0 saturated heterocycles. The van der Waals surface area contributed by atoms with Crippen LogP contribution in [0.1, 0.15) is 43.2 Å². The lowest BCUT2D eigenvalue weighted by atomic mass is 9.94. The maximum absolute atomic E-state index is 13.7. The van der Waals surface area contributed by atoms with Crippen LogP contribution in [0, 0.1) is 5.82 Å². The van der Waals surface area contributed by atoms with Crippen LogP contribution in [-0.4, -0.2) is 35.4 Å². The molecule has 1 aliphatic rings. The molecule has 4 rings (SSSR count). The maximum Gasteiger partial charge on any atom is 0.261 e. The summed E-state index contributed by atoms with van der Waals surface area (Å²) in [5.74, 6) is -0.423. The minimum absolute atomic E-state index is 0.102. The molecule has 1 saturated carbocycles. The van der Waals surface area contributed by atoms with Gasteiger partial charge in [-0.05, 0) is 54.3 Å². The van der Waals surface area contributed by atoms with Crippen molar-refractivity contribution in [3.8, 4) is 5.75 Å². The molecular formula is C30H32ClFN2O3. The number of halogens is 2. The fraction of sp³-hybridized carbons (Fsp3) is 0.333. The molecule has 0 spiro atoms. The van der Waals surface area contributed by atoms with Crippen LogP contribution in [0.3, 0.4) is 0 Å². The summed E-state index contributed by atoms with van der Waals surface area (Å²) in [5, 5.41) is 3.70. The Morgan fingerprint density at radius 1 is 0.946 bits per heavy atom. The second-order valence-corrected chi connectivity index (χ2v) is 9.88. The summed E-state index contributed by atoms with van der Waals surface area (Å²) in [6.45, 7) is -0.114. The van der Waals surface area contributed by atoms with E-state index in [0.717, 1.165) is 36.8 Å². The van der Waals surface area contributed by atoms with Crippen molar-refractivity contribution in [3.05, 3.63) is 101 Å². The Balaban J connectivity index is 1.60. The zero-order valence-electron chi connectivity index (χ0n) is 20.7. The highest BCUT2D eigenvalue weighted by Gasteiger charge is 2.32. The lowest BCUT2D eigenvalue weighted by molar-refractivity contribution is -0.143. The zero-order chi connectivity index (χ0) is 26.0. The Hall–Kier alpha value is -3.38. The molecule has 194 valence electrons. The van der Waals surface area contributed by atoms with Gasteiger partial charge in [-0.15, -0.1) is 0 Å². The van der Waals surface area contributed by atoms with E-state index in [4.69, 9.17) is 16.3 Å². The number of nitrogens with zero attached hydrogens (tertiary/aromatic N) is 1. The minimum Gasteiger partial charge on any atom is -0.484 e. The van der Waals surface area contributed by atoms with E-state index >= 15 is 0 Å².